The number of carbonyl (C=O) groups is 1. The Morgan fingerprint density at radius 1 is 1.39 bits per heavy atom. The van der Waals surface area contributed by atoms with E-state index < -0.39 is 0 Å². The number of amides is 2. The van der Waals surface area contributed by atoms with Crippen LogP contribution in [0.4, 0.5) is 10.5 Å². The maximum Gasteiger partial charge on any atom is 0.321 e. The second-order valence-electron chi connectivity index (χ2n) is 4.72. The van der Waals surface area contributed by atoms with Crippen molar-refractivity contribution in [3.8, 4) is 0 Å². The highest BCUT2D eigenvalue weighted by atomic mass is 16.5. The van der Waals surface area contributed by atoms with Gasteiger partial charge in [0.2, 0.25) is 0 Å². The lowest BCUT2D eigenvalue weighted by molar-refractivity contribution is 0.0521. The summed E-state index contributed by atoms with van der Waals surface area (Å²) in [4.78, 5) is 13.9. The lowest BCUT2D eigenvalue weighted by Gasteiger charge is -2.31. The number of nitrogens with zero attached hydrogens (tertiary/aromatic N) is 1. The van der Waals surface area contributed by atoms with Gasteiger partial charge in [0.15, 0.2) is 0 Å². The molecule has 1 aromatic rings. The predicted molar refractivity (Wildman–Crippen MR) is 71.8 cm³/mol. The monoisotopic (exact) mass is 248 g/mol. The van der Waals surface area contributed by atoms with Gasteiger partial charge in [-0.15, -0.1) is 0 Å². The number of hydrogen-bond donors (Lipinski definition) is 1. The van der Waals surface area contributed by atoms with Gasteiger partial charge >= 0.3 is 6.03 Å². The fourth-order valence-corrected chi connectivity index (χ4v) is 2.22. The smallest absolute Gasteiger partial charge is 0.321 e. The van der Waals surface area contributed by atoms with E-state index in [9.17, 15) is 4.79 Å². The number of piperidine rings is 1. The van der Waals surface area contributed by atoms with Gasteiger partial charge in [-0.3, -0.25) is 0 Å². The van der Waals surface area contributed by atoms with Crippen LogP contribution in [0.5, 0.6) is 0 Å². The molecule has 18 heavy (non-hydrogen) atoms. The highest BCUT2D eigenvalue weighted by Crippen LogP contribution is 2.15. The number of aryl methyl sites for hydroxylation is 1. The van der Waals surface area contributed by atoms with Gasteiger partial charge in [-0.2, -0.15) is 0 Å². The standard InChI is InChI=1S/C14H20N2O2/c1-11-4-3-5-12(10-11)15-14(17)16-8-6-13(18-2)7-9-16/h3-5,10,13H,6-9H2,1-2H3,(H,15,17). The van der Waals surface area contributed by atoms with E-state index >= 15 is 0 Å². The number of methoxy groups -OCH3 is 1. The van der Waals surface area contributed by atoms with Crippen molar-refractivity contribution in [2.75, 3.05) is 25.5 Å². The summed E-state index contributed by atoms with van der Waals surface area (Å²) in [5.74, 6) is 0. The Hall–Kier alpha value is -1.55. The normalized spacial score (nSPS) is 16.7. The van der Waals surface area contributed by atoms with Crippen LogP contribution >= 0.6 is 0 Å². The molecule has 98 valence electrons. The van der Waals surface area contributed by atoms with Crippen LogP contribution in [0.15, 0.2) is 24.3 Å². The first-order chi connectivity index (χ1) is 8.69. The Bertz CT molecular complexity index is 412. The molecule has 4 heteroatoms. The zero-order valence-electron chi connectivity index (χ0n) is 11.0. The number of nitrogens with one attached hydrogen (secondary N) is 1. The van der Waals surface area contributed by atoms with Crippen LogP contribution in [0.3, 0.4) is 0 Å². The maximum atomic E-state index is 12.0. The minimum atomic E-state index is -0.0184. The van der Waals surface area contributed by atoms with Gasteiger partial charge < -0.3 is 15.0 Å². The topological polar surface area (TPSA) is 41.6 Å². The molecule has 1 heterocycles. The zero-order chi connectivity index (χ0) is 13.0. The molecular formula is C14H20N2O2. The number of carbonyl (C=O) groups excluding carboxylic acids is 1. The van der Waals surface area contributed by atoms with Crippen LogP contribution in [-0.4, -0.2) is 37.2 Å². The van der Waals surface area contributed by atoms with Gasteiger partial charge in [-0.05, 0) is 37.5 Å². The first kappa shape index (κ1) is 12.9. The SMILES string of the molecule is COC1CCN(C(=O)Nc2cccc(C)c2)CC1. The molecule has 1 aromatic carbocycles. The van der Waals surface area contributed by atoms with Gasteiger partial charge in [0, 0.05) is 25.9 Å². The lowest BCUT2D eigenvalue weighted by atomic mass is 10.1. The van der Waals surface area contributed by atoms with Crippen molar-refractivity contribution >= 4 is 11.7 Å². The first-order valence-electron chi connectivity index (χ1n) is 6.34. The Morgan fingerprint density at radius 2 is 2.11 bits per heavy atom. The minimum absolute atomic E-state index is 0.0184. The molecule has 1 fully saturated rings. The quantitative estimate of drug-likeness (QED) is 0.874. The molecule has 1 aliphatic rings. The Labute approximate surface area is 108 Å². The minimum Gasteiger partial charge on any atom is -0.381 e. The van der Waals surface area contributed by atoms with Crippen molar-refractivity contribution in [2.24, 2.45) is 0 Å². The number of anilines is 1. The summed E-state index contributed by atoms with van der Waals surface area (Å²) in [5, 5.41) is 2.93. The molecule has 0 spiro atoms. The average Bonchev–Trinajstić information content (AvgIpc) is 2.39. The van der Waals surface area contributed by atoms with Gasteiger partial charge in [-0.25, -0.2) is 4.79 Å². The van der Waals surface area contributed by atoms with Crippen molar-refractivity contribution in [3.05, 3.63) is 29.8 Å². The predicted octanol–water partition coefficient (Wildman–Crippen LogP) is 2.64. The van der Waals surface area contributed by atoms with Crippen LogP contribution in [-0.2, 0) is 4.74 Å². The number of urea groups is 1. The van der Waals surface area contributed by atoms with Crippen LogP contribution in [0.25, 0.3) is 0 Å². The highest BCUT2D eigenvalue weighted by molar-refractivity contribution is 5.89. The van der Waals surface area contributed by atoms with E-state index in [1.54, 1.807) is 7.11 Å². The molecule has 2 rings (SSSR count). The molecule has 0 saturated carbocycles. The third-order valence-corrected chi connectivity index (χ3v) is 3.33. The Kier molecular flexibility index (Phi) is 4.20. The molecule has 0 atom stereocenters. The molecule has 2 amide bonds. The van der Waals surface area contributed by atoms with E-state index in [0.717, 1.165) is 37.2 Å². The summed E-state index contributed by atoms with van der Waals surface area (Å²) in [6.07, 6.45) is 2.13. The summed E-state index contributed by atoms with van der Waals surface area (Å²) in [5.41, 5.74) is 2.00. The third kappa shape index (κ3) is 3.23. The second-order valence-corrected chi connectivity index (χ2v) is 4.72. The van der Waals surface area contributed by atoms with Crippen LogP contribution in [0.2, 0.25) is 0 Å². The van der Waals surface area contributed by atoms with Crippen molar-refractivity contribution in [2.45, 2.75) is 25.9 Å². The van der Waals surface area contributed by atoms with Crippen molar-refractivity contribution < 1.29 is 9.53 Å². The van der Waals surface area contributed by atoms with Gasteiger partial charge in [0.05, 0.1) is 6.10 Å². The first-order valence-corrected chi connectivity index (χ1v) is 6.34. The molecule has 1 N–H and O–H groups in total. The van der Waals surface area contributed by atoms with Crippen LogP contribution in [0.1, 0.15) is 18.4 Å². The largest absolute Gasteiger partial charge is 0.381 e. The van der Waals surface area contributed by atoms with Crippen molar-refractivity contribution in [1.82, 2.24) is 4.90 Å². The summed E-state index contributed by atoms with van der Waals surface area (Å²) >= 11 is 0. The molecular weight excluding hydrogens is 228 g/mol. The maximum absolute atomic E-state index is 12.0. The number of likely N-dealkylation sites (tertiary alicyclic amines) is 1. The lowest BCUT2D eigenvalue weighted by Crippen LogP contribution is -2.42. The van der Waals surface area contributed by atoms with E-state index in [0.29, 0.717) is 6.10 Å². The number of benzene rings is 1. The highest BCUT2D eigenvalue weighted by Gasteiger charge is 2.22. The summed E-state index contributed by atoms with van der Waals surface area (Å²) in [7, 11) is 1.73. The molecule has 0 unspecified atom stereocenters. The summed E-state index contributed by atoms with van der Waals surface area (Å²) < 4.78 is 5.29. The van der Waals surface area contributed by atoms with Gasteiger partial charge in [0.1, 0.15) is 0 Å². The van der Waals surface area contributed by atoms with E-state index in [2.05, 4.69) is 5.32 Å². The molecule has 4 nitrogen and oxygen atoms in total. The summed E-state index contributed by atoms with van der Waals surface area (Å²) in [6, 6.07) is 7.82. The molecule has 0 aromatic heterocycles. The van der Waals surface area contributed by atoms with E-state index in [-0.39, 0.29) is 6.03 Å². The van der Waals surface area contributed by atoms with E-state index in [4.69, 9.17) is 4.74 Å². The zero-order valence-corrected chi connectivity index (χ0v) is 11.0. The number of rotatable bonds is 2. The number of ether oxygens (including phenoxy) is 1. The molecule has 0 bridgehead atoms. The average molecular weight is 248 g/mol. The fourth-order valence-electron chi connectivity index (χ4n) is 2.22. The van der Waals surface area contributed by atoms with Crippen molar-refractivity contribution in [3.63, 3.8) is 0 Å². The van der Waals surface area contributed by atoms with Crippen LogP contribution in [0, 0.1) is 6.92 Å². The van der Waals surface area contributed by atoms with Crippen LogP contribution < -0.4 is 5.32 Å². The van der Waals surface area contributed by atoms with Crippen molar-refractivity contribution in [1.29, 1.82) is 0 Å². The summed E-state index contributed by atoms with van der Waals surface area (Å²) in [6.45, 7) is 3.53. The van der Waals surface area contributed by atoms with E-state index in [1.165, 1.54) is 0 Å². The molecule has 0 radical (unpaired) electrons. The Balaban J connectivity index is 1.89. The molecule has 1 saturated heterocycles. The van der Waals surface area contributed by atoms with Gasteiger partial charge in [-0.1, -0.05) is 12.1 Å². The molecule has 0 aliphatic carbocycles. The fraction of sp³-hybridized carbons (Fsp3) is 0.500. The molecule has 1 aliphatic heterocycles. The number of hydrogen-bond acceptors (Lipinski definition) is 2. The third-order valence-electron chi connectivity index (χ3n) is 3.33. The Morgan fingerprint density at radius 3 is 2.72 bits per heavy atom. The second kappa shape index (κ2) is 5.87. The van der Waals surface area contributed by atoms with Gasteiger partial charge in [0.25, 0.3) is 0 Å². The van der Waals surface area contributed by atoms with E-state index in [1.807, 2.05) is 36.1 Å².